The van der Waals surface area contributed by atoms with Crippen LogP contribution in [0.2, 0.25) is 0 Å². The molecule has 0 aromatic carbocycles. The Hall–Kier alpha value is -1.89. The first-order valence-corrected chi connectivity index (χ1v) is 11.5. The summed E-state index contributed by atoms with van der Waals surface area (Å²) < 4.78 is 5.32. The summed E-state index contributed by atoms with van der Waals surface area (Å²) in [5, 5.41) is 12.9. The van der Waals surface area contributed by atoms with Gasteiger partial charge in [-0.05, 0) is 39.0 Å². The smallest absolute Gasteiger partial charge is 0.310 e. The van der Waals surface area contributed by atoms with Crippen LogP contribution in [0.5, 0.6) is 0 Å². The minimum atomic E-state index is -0.711. The molecule has 2 N–H and O–H groups in total. The average molecular weight is 421 g/mol. The third-order valence-electron chi connectivity index (χ3n) is 7.04. The van der Waals surface area contributed by atoms with E-state index in [9.17, 15) is 19.5 Å². The number of allylic oxidation sites excluding steroid dienone is 1. The summed E-state index contributed by atoms with van der Waals surface area (Å²) in [6.45, 7) is 5.51. The summed E-state index contributed by atoms with van der Waals surface area (Å²) in [5.74, 6) is -2.50. The number of likely N-dealkylation sites (tertiary alicyclic amines) is 1. The predicted molar refractivity (Wildman–Crippen MR) is 112 cm³/mol. The second-order valence-corrected chi connectivity index (χ2v) is 8.90. The number of amides is 2. The normalized spacial score (nSPS) is 32.6. The van der Waals surface area contributed by atoms with E-state index in [0.717, 1.165) is 25.7 Å². The van der Waals surface area contributed by atoms with E-state index < -0.39 is 29.8 Å². The minimum absolute atomic E-state index is 0.0966. The van der Waals surface area contributed by atoms with Crippen molar-refractivity contribution in [2.24, 2.45) is 23.7 Å². The lowest BCUT2D eigenvalue weighted by Gasteiger charge is -2.34. The van der Waals surface area contributed by atoms with E-state index in [4.69, 9.17) is 4.74 Å². The Morgan fingerprint density at radius 3 is 2.53 bits per heavy atom. The Labute approximate surface area is 179 Å². The largest absolute Gasteiger partial charge is 0.466 e. The van der Waals surface area contributed by atoms with Gasteiger partial charge in [-0.25, -0.2) is 0 Å². The summed E-state index contributed by atoms with van der Waals surface area (Å²) >= 11 is 0. The van der Waals surface area contributed by atoms with Gasteiger partial charge < -0.3 is 20.1 Å². The lowest BCUT2D eigenvalue weighted by molar-refractivity contribution is -0.156. The molecular weight excluding hydrogens is 384 g/mol. The number of rotatable bonds is 7. The number of ether oxygens (including phenoxy) is 1. The number of esters is 1. The zero-order valence-corrected chi connectivity index (χ0v) is 18.4. The van der Waals surface area contributed by atoms with Crippen molar-refractivity contribution < 1.29 is 24.2 Å². The molecule has 3 rings (SSSR count). The molecule has 30 heavy (non-hydrogen) atoms. The summed E-state index contributed by atoms with van der Waals surface area (Å²) in [7, 11) is 0. The highest BCUT2D eigenvalue weighted by molar-refractivity contribution is 5.96. The zero-order chi connectivity index (χ0) is 21.8. The number of carbonyl (C=O) groups is 3. The molecule has 1 saturated carbocycles. The molecule has 0 aromatic heterocycles. The maximum Gasteiger partial charge on any atom is 0.310 e. The number of nitrogens with one attached hydrogen (secondary N) is 1. The number of aliphatic hydroxyl groups is 1. The van der Waals surface area contributed by atoms with Gasteiger partial charge in [-0.1, -0.05) is 38.3 Å². The van der Waals surface area contributed by atoms with Crippen LogP contribution in [0.4, 0.5) is 0 Å². The first kappa shape index (κ1) is 22.8. The Morgan fingerprint density at radius 1 is 1.23 bits per heavy atom. The van der Waals surface area contributed by atoms with Crippen LogP contribution in [0.3, 0.4) is 0 Å². The van der Waals surface area contributed by atoms with Crippen LogP contribution in [-0.2, 0) is 19.1 Å². The molecule has 0 aromatic rings. The van der Waals surface area contributed by atoms with Gasteiger partial charge in [0.05, 0.1) is 31.1 Å². The van der Waals surface area contributed by atoms with Crippen LogP contribution in [0.1, 0.15) is 59.3 Å². The van der Waals surface area contributed by atoms with E-state index in [0.29, 0.717) is 6.42 Å². The molecule has 168 valence electrons. The summed E-state index contributed by atoms with van der Waals surface area (Å²) in [6, 6.07) is -1.08. The molecule has 7 heteroatoms. The van der Waals surface area contributed by atoms with E-state index in [1.807, 2.05) is 19.1 Å². The molecule has 1 saturated heterocycles. The summed E-state index contributed by atoms with van der Waals surface area (Å²) in [5.41, 5.74) is 0. The van der Waals surface area contributed by atoms with E-state index in [-0.39, 0.29) is 43.0 Å². The van der Waals surface area contributed by atoms with Gasteiger partial charge in [-0.3, -0.25) is 14.4 Å². The third-order valence-corrected chi connectivity index (χ3v) is 7.04. The fourth-order valence-electron chi connectivity index (χ4n) is 5.49. The summed E-state index contributed by atoms with van der Waals surface area (Å²) in [6.07, 6.45) is 9.93. The van der Waals surface area contributed by atoms with Crippen LogP contribution in [0, 0.1) is 23.7 Å². The number of nitrogens with zero attached hydrogens (tertiary/aromatic N) is 1. The maximum atomic E-state index is 13.5. The van der Waals surface area contributed by atoms with Gasteiger partial charge in [0.25, 0.3) is 0 Å². The molecule has 0 radical (unpaired) electrons. The highest BCUT2D eigenvalue weighted by Crippen LogP contribution is 2.46. The van der Waals surface area contributed by atoms with Crippen LogP contribution in [0.25, 0.3) is 0 Å². The Kier molecular flexibility index (Phi) is 7.55. The number of hydrogen-bond donors (Lipinski definition) is 2. The molecule has 2 aliphatic carbocycles. The molecule has 1 aliphatic heterocycles. The standard InChI is InChI=1S/C23H36N2O5/c1-4-15-11-12-17-19(18(15)23(29)30-5-2)22(28)25(14(3)13-26)20(17)21(27)24-16-9-7-6-8-10-16/h11-12,14-20,26H,4-10,13H2,1-3H3,(H,24,27)/t14-,15-,17+,18-,19+,20+/m1/s1. The number of fused-ring (bicyclic) bond motifs is 1. The maximum absolute atomic E-state index is 13.5. The Balaban J connectivity index is 1.93. The first-order valence-electron chi connectivity index (χ1n) is 11.5. The minimum Gasteiger partial charge on any atom is -0.466 e. The predicted octanol–water partition coefficient (Wildman–Crippen LogP) is 2.03. The molecule has 2 fully saturated rings. The van der Waals surface area contributed by atoms with Crippen molar-refractivity contribution in [3.63, 3.8) is 0 Å². The van der Waals surface area contributed by atoms with Crippen LogP contribution < -0.4 is 5.32 Å². The number of hydrogen-bond acceptors (Lipinski definition) is 5. The molecular formula is C23H36N2O5. The van der Waals surface area contributed by atoms with Crippen molar-refractivity contribution in [2.45, 2.75) is 77.4 Å². The number of aliphatic hydroxyl groups excluding tert-OH is 1. The van der Waals surface area contributed by atoms with E-state index in [2.05, 4.69) is 5.32 Å². The lowest BCUT2D eigenvalue weighted by atomic mass is 9.69. The molecule has 1 heterocycles. The van der Waals surface area contributed by atoms with Crippen molar-refractivity contribution in [2.75, 3.05) is 13.2 Å². The van der Waals surface area contributed by atoms with Crippen molar-refractivity contribution in [3.05, 3.63) is 12.2 Å². The highest BCUT2D eigenvalue weighted by atomic mass is 16.5. The van der Waals surface area contributed by atoms with Gasteiger partial charge in [-0.15, -0.1) is 0 Å². The second-order valence-electron chi connectivity index (χ2n) is 8.90. The SMILES string of the molecule is CCOC(=O)[C@H]1[C@H]2C(=O)N([C@H](C)CO)[C@H](C(=O)NC3CCCCC3)[C@H]2C=C[C@H]1CC. The summed E-state index contributed by atoms with van der Waals surface area (Å²) in [4.78, 5) is 41.2. The van der Waals surface area contributed by atoms with Crippen LogP contribution >= 0.6 is 0 Å². The first-order chi connectivity index (χ1) is 14.4. The topological polar surface area (TPSA) is 95.9 Å². The van der Waals surface area contributed by atoms with Crippen molar-refractivity contribution >= 4 is 17.8 Å². The fourth-order valence-corrected chi connectivity index (χ4v) is 5.49. The molecule has 7 nitrogen and oxygen atoms in total. The monoisotopic (exact) mass is 420 g/mol. The van der Waals surface area contributed by atoms with Gasteiger partial charge in [-0.2, -0.15) is 0 Å². The van der Waals surface area contributed by atoms with Crippen molar-refractivity contribution in [1.82, 2.24) is 10.2 Å². The van der Waals surface area contributed by atoms with Gasteiger partial charge in [0.1, 0.15) is 6.04 Å². The van der Waals surface area contributed by atoms with Gasteiger partial charge in [0.2, 0.25) is 11.8 Å². The quantitative estimate of drug-likeness (QED) is 0.485. The number of carbonyl (C=O) groups excluding carboxylic acids is 3. The van der Waals surface area contributed by atoms with Crippen molar-refractivity contribution in [1.29, 1.82) is 0 Å². The molecule has 2 amide bonds. The lowest BCUT2D eigenvalue weighted by Crippen LogP contribution is -2.53. The zero-order valence-electron chi connectivity index (χ0n) is 18.4. The highest BCUT2D eigenvalue weighted by Gasteiger charge is 2.58. The second kappa shape index (κ2) is 9.94. The molecule has 3 aliphatic rings. The third kappa shape index (κ3) is 4.27. The van der Waals surface area contributed by atoms with E-state index in [1.54, 1.807) is 13.8 Å². The fraction of sp³-hybridized carbons (Fsp3) is 0.783. The molecule has 0 spiro atoms. The Bertz CT molecular complexity index is 673. The average Bonchev–Trinajstić information content (AvgIpc) is 3.05. The molecule has 6 atom stereocenters. The molecule has 0 unspecified atom stereocenters. The van der Waals surface area contributed by atoms with Crippen molar-refractivity contribution in [3.8, 4) is 0 Å². The van der Waals surface area contributed by atoms with Crippen LogP contribution in [0.15, 0.2) is 12.2 Å². The molecule has 0 bridgehead atoms. The van der Waals surface area contributed by atoms with Crippen LogP contribution in [-0.4, -0.2) is 59.1 Å². The van der Waals surface area contributed by atoms with Gasteiger partial charge in [0.15, 0.2) is 0 Å². The van der Waals surface area contributed by atoms with Gasteiger partial charge in [0, 0.05) is 12.0 Å². The van der Waals surface area contributed by atoms with Gasteiger partial charge >= 0.3 is 5.97 Å². The Morgan fingerprint density at radius 2 is 1.93 bits per heavy atom. The van der Waals surface area contributed by atoms with E-state index >= 15 is 0 Å². The van der Waals surface area contributed by atoms with E-state index in [1.165, 1.54) is 11.3 Å².